The normalized spacial score (nSPS) is 17.1. The van der Waals surface area contributed by atoms with Crippen molar-refractivity contribution in [3.05, 3.63) is 65.5 Å². The molecule has 1 saturated heterocycles. The molecule has 0 aliphatic carbocycles. The van der Waals surface area contributed by atoms with Gasteiger partial charge >= 0.3 is 0 Å². The van der Waals surface area contributed by atoms with Crippen molar-refractivity contribution in [1.82, 2.24) is 5.32 Å². The van der Waals surface area contributed by atoms with E-state index in [0.29, 0.717) is 25.1 Å². The van der Waals surface area contributed by atoms with Gasteiger partial charge in [0.15, 0.2) is 0 Å². The fourth-order valence-electron chi connectivity index (χ4n) is 3.44. The monoisotopic (exact) mass is 382 g/mol. The Morgan fingerprint density at radius 3 is 2.46 bits per heavy atom. The summed E-state index contributed by atoms with van der Waals surface area (Å²) in [4.78, 5) is 26.5. The van der Waals surface area contributed by atoms with Crippen molar-refractivity contribution in [1.29, 1.82) is 0 Å². The van der Waals surface area contributed by atoms with E-state index in [2.05, 4.69) is 26.1 Å². The molecule has 2 aromatic rings. The molecule has 0 saturated carbocycles. The molecule has 0 spiro atoms. The maximum Gasteiger partial charge on any atom is 0.227 e. The van der Waals surface area contributed by atoms with Crippen LogP contribution in [0.15, 0.2) is 48.5 Å². The van der Waals surface area contributed by atoms with Gasteiger partial charge in [-0.3, -0.25) is 9.59 Å². The standard InChI is InChI=1S/C23H27FN2O2/c1-23(2,3)18-8-10-19(11-9-18)26-15-17(14-21(26)27)22(28)25-13-12-16-6-4-5-7-20(16)24/h4-11,17H,12-15H2,1-3H3,(H,25,28). The molecule has 28 heavy (non-hydrogen) atoms. The maximum atomic E-state index is 13.6. The zero-order valence-electron chi connectivity index (χ0n) is 16.7. The molecule has 1 aliphatic heterocycles. The van der Waals surface area contributed by atoms with E-state index in [1.54, 1.807) is 23.1 Å². The number of carbonyl (C=O) groups is 2. The Hall–Kier alpha value is -2.69. The van der Waals surface area contributed by atoms with Crippen LogP contribution in [0.1, 0.15) is 38.3 Å². The summed E-state index contributed by atoms with van der Waals surface area (Å²) >= 11 is 0. The number of nitrogens with one attached hydrogen (secondary N) is 1. The number of amides is 2. The lowest BCUT2D eigenvalue weighted by molar-refractivity contribution is -0.126. The van der Waals surface area contributed by atoms with Crippen LogP contribution in [-0.4, -0.2) is 24.9 Å². The van der Waals surface area contributed by atoms with Crippen molar-refractivity contribution < 1.29 is 14.0 Å². The number of hydrogen-bond donors (Lipinski definition) is 1. The van der Waals surface area contributed by atoms with Crippen LogP contribution in [-0.2, 0) is 21.4 Å². The summed E-state index contributed by atoms with van der Waals surface area (Å²) in [5.74, 6) is -0.843. The summed E-state index contributed by atoms with van der Waals surface area (Å²) in [5, 5.41) is 2.84. The van der Waals surface area contributed by atoms with E-state index in [1.165, 1.54) is 11.6 Å². The molecule has 2 amide bonds. The summed E-state index contributed by atoms with van der Waals surface area (Å²) in [5.41, 5.74) is 2.64. The lowest BCUT2D eigenvalue weighted by atomic mass is 9.87. The smallest absolute Gasteiger partial charge is 0.227 e. The molecule has 0 radical (unpaired) electrons. The minimum atomic E-state index is -0.379. The first-order valence-electron chi connectivity index (χ1n) is 9.68. The largest absolute Gasteiger partial charge is 0.355 e. The SMILES string of the molecule is CC(C)(C)c1ccc(N2CC(C(=O)NCCc3ccccc3F)CC2=O)cc1. The molecular weight excluding hydrogens is 355 g/mol. The highest BCUT2D eigenvalue weighted by Gasteiger charge is 2.35. The van der Waals surface area contributed by atoms with Crippen LogP contribution < -0.4 is 10.2 Å². The molecule has 0 aromatic heterocycles. The molecule has 1 atom stereocenters. The molecule has 2 aromatic carbocycles. The average Bonchev–Trinajstić information content (AvgIpc) is 3.04. The number of rotatable bonds is 5. The lowest BCUT2D eigenvalue weighted by Crippen LogP contribution is -2.34. The minimum absolute atomic E-state index is 0.0437. The van der Waals surface area contributed by atoms with Crippen molar-refractivity contribution in [3.8, 4) is 0 Å². The molecular formula is C23H27FN2O2. The molecule has 1 heterocycles. The third-order valence-corrected chi connectivity index (χ3v) is 5.19. The second kappa shape index (κ2) is 8.13. The highest BCUT2D eigenvalue weighted by atomic mass is 19.1. The Labute approximate surface area is 165 Å². The third-order valence-electron chi connectivity index (χ3n) is 5.19. The first kappa shape index (κ1) is 20.1. The molecule has 1 N–H and O–H groups in total. The predicted molar refractivity (Wildman–Crippen MR) is 109 cm³/mol. The minimum Gasteiger partial charge on any atom is -0.355 e. The van der Waals surface area contributed by atoms with Crippen LogP contribution in [0.3, 0.4) is 0 Å². The van der Waals surface area contributed by atoms with Crippen LogP contribution in [0, 0.1) is 11.7 Å². The second-order valence-corrected chi connectivity index (χ2v) is 8.33. The van der Waals surface area contributed by atoms with Gasteiger partial charge in [0.2, 0.25) is 11.8 Å². The van der Waals surface area contributed by atoms with Crippen molar-refractivity contribution in [3.63, 3.8) is 0 Å². The van der Waals surface area contributed by atoms with Crippen LogP contribution >= 0.6 is 0 Å². The van der Waals surface area contributed by atoms with E-state index in [4.69, 9.17) is 0 Å². The molecule has 1 fully saturated rings. The highest BCUT2D eigenvalue weighted by molar-refractivity contribution is 6.00. The van der Waals surface area contributed by atoms with Gasteiger partial charge in [0.1, 0.15) is 5.82 Å². The fraction of sp³-hybridized carbons (Fsp3) is 0.391. The van der Waals surface area contributed by atoms with Crippen molar-refractivity contribution in [2.24, 2.45) is 5.92 Å². The van der Waals surface area contributed by atoms with Crippen molar-refractivity contribution >= 4 is 17.5 Å². The number of nitrogens with zero attached hydrogens (tertiary/aromatic N) is 1. The zero-order chi connectivity index (χ0) is 20.3. The molecule has 4 nitrogen and oxygen atoms in total. The van der Waals surface area contributed by atoms with Gasteiger partial charge < -0.3 is 10.2 Å². The van der Waals surface area contributed by atoms with Gasteiger partial charge in [-0.05, 0) is 41.2 Å². The molecule has 5 heteroatoms. The first-order chi connectivity index (χ1) is 13.3. The van der Waals surface area contributed by atoms with Gasteiger partial charge in [-0.25, -0.2) is 4.39 Å². The van der Waals surface area contributed by atoms with Crippen LogP contribution in [0.25, 0.3) is 0 Å². The van der Waals surface area contributed by atoms with E-state index < -0.39 is 0 Å². The summed E-state index contributed by atoms with van der Waals surface area (Å²) in [7, 11) is 0. The Morgan fingerprint density at radius 1 is 1.14 bits per heavy atom. The van der Waals surface area contributed by atoms with Gasteiger partial charge in [-0.1, -0.05) is 51.1 Å². The molecule has 0 bridgehead atoms. The lowest BCUT2D eigenvalue weighted by Gasteiger charge is -2.21. The second-order valence-electron chi connectivity index (χ2n) is 8.33. The average molecular weight is 382 g/mol. The van der Waals surface area contributed by atoms with Gasteiger partial charge in [-0.15, -0.1) is 0 Å². The van der Waals surface area contributed by atoms with Gasteiger partial charge in [0.25, 0.3) is 0 Å². The Bertz CT molecular complexity index is 856. The van der Waals surface area contributed by atoms with Gasteiger partial charge in [0, 0.05) is 25.2 Å². The predicted octanol–water partition coefficient (Wildman–Crippen LogP) is 3.84. The van der Waals surface area contributed by atoms with Gasteiger partial charge in [-0.2, -0.15) is 0 Å². The van der Waals surface area contributed by atoms with E-state index in [9.17, 15) is 14.0 Å². The van der Waals surface area contributed by atoms with E-state index in [-0.39, 0.29) is 35.4 Å². The Balaban J connectivity index is 1.56. The summed E-state index contributed by atoms with van der Waals surface area (Å²) in [6, 6.07) is 14.5. The molecule has 1 aliphatic rings. The number of hydrogen-bond acceptors (Lipinski definition) is 2. The third kappa shape index (κ3) is 4.58. The summed E-state index contributed by atoms with van der Waals surface area (Å²) in [6.45, 7) is 7.16. The van der Waals surface area contributed by atoms with Gasteiger partial charge in [0.05, 0.1) is 5.92 Å². The van der Waals surface area contributed by atoms with E-state index in [1.807, 2.05) is 24.3 Å². The summed E-state index contributed by atoms with van der Waals surface area (Å²) < 4.78 is 13.6. The first-order valence-corrected chi connectivity index (χ1v) is 9.68. The number of halogens is 1. The highest BCUT2D eigenvalue weighted by Crippen LogP contribution is 2.28. The number of carbonyl (C=O) groups excluding carboxylic acids is 2. The Kier molecular flexibility index (Phi) is 5.82. The topological polar surface area (TPSA) is 49.4 Å². The molecule has 3 rings (SSSR count). The quantitative estimate of drug-likeness (QED) is 0.854. The van der Waals surface area contributed by atoms with Crippen molar-refractivity contribution in [2.75, 3.05) is 18.0 Å². The number of anilines is 1. The van der Waals surface area contributed by atoms with Crippen LogP contribution in [0.2, 0.25) is 0 Å². The molecule has 1 unspecified atom stereocenters. The van der Waals surface area contributed by atoms with E-state index >= 15 is 0 Å². The molecule has 148 valence electrons. The summed E-state index contributed by atoms with van der Waals surface area (Å²) in [6.07, 6.45) is 0.629. The zero-order valence-corrected chi connectivity index (χ0v) is 16.7. The van der Waals surface area contributed by atoms with Crippen LogP contribution in [0.4, 0.5) is 10.1 Å². The number of benzene rings is 2. The Morgan fingerprint density at radius 2 is 1.82 bits per heavy atom. The van der Waals surface area contributed by atoms with E-state index in [0.717, 1.165) is 5.69 Å². The van der Waals surface area contributed by atoms with Crippen molar-refractivity contribution in [2.45, 2.75) is 39.0 Å². The van der Waals surface area contributed by atoms with Crippen LogP contribution in [0.5, 0.6) is 0 Å². The fourth-order valence-corrected chi connectivity index (χ4v) is 3.44. The maximum absolute atomic E-state index is 13.6.